The second-order valence-electron chi connectivity index (χ2n) is 8.30. The number of ether oxygens (including phenoxy) is 1. The number of hydrogen-bond donors (Lipinski definition) is 1. The maximum atomic E-state index is 12.0. The van der Waals surface area contributed by atoms with E-state index in [-0.39, 0.29) is 24.9 Å². The number of hydrogen-bond acceptors (Lipinski definition) is 4. The van der Waals surface area contributed by atoms with Crippen LogP contribution >= 0.6 is 0 Å². The Morgan fingerprint density at radius 1 is 1.30 bits per heavy atom. The molecule has 2 aromatic rings. The molecule has 33 heavy (non-hydrogen) atoms. The lowest BCUT2D eigenvalue weighted by Crippen LogP contribution is -2.40. The van der Waals surface area contributed by atoms with Crippen molar-refractivity contribution in [3.05, 3.63) is 98.5 Å². The van der Waals surface area contributed by atoms with Crippen molar-refractivity contribution < 1.29 is 9.53 Å². The zero-order chi connectivity index (χ0) is 22.7. The molecule has 0 amide bonds. The van der Waals surface area contributed by atoms with E-state index in [1.54, 1.807) is 19.1 Å². The van der Waals surface area contributed by atoms with Crippen LogP contribution in [-0.4, -0.2) is 23.8 Å². The zero-order valence-corrected chi connectivity index (χ0v) is 18.7. The van der Waals surface area contributed by atoms with E-state index in [2.05, 4.69) is 31.0 Å². The van der Waals surface area contributed by atoms with Crippen LogP contribution in [0.2, 0.25) is 0 Å². The minimum absolute atomic E-state index is 0. The number of aliphatic imine (C=N–C) groups is 1. The molecule has 0 saturated carbocycles. The number of nitrogens with zero attached hydrogens (tertiary/aromatic N) is 1. The summed E-state index contributed by atoms with van der Waals surface area (Å²) in [5.41, 5.74) is 5.47. The van der Waals surface area contributed by atoms with E-state index in [9.17, 15) is 9.59 Å². The van der Waals surface area contributed by atoms with Gasteiger partial charge in [-0.1, -0.05) is 43.4 Å². The number of allylic oxidation sites excluding steroid dienone is 3. The van der Waals surface area contributed by atoms with Gasteiger partial charge in [-0.2, -0.15) is 0 Å². The van der Waals surface area contributed by atoms with Gasteiger partial charge in [0.15, 0.2) is 0 Å². The van der Waals surface area contributed by atoms with E-state index in [0.717, 1.165) is 29.7 Å². The third-order valence-electron chi connectivity index (χ3n) is 6.15. The fourth-order valence-electron chi connectivity index (χ4n) is 4.96. The zero-order valence-electron chi connectivity index (χ0n) is 18.7. The summed E-state index contributed by atoms with van der Waals surface area (Å²) < 4.78 is 5.08. The number of esters is 1. The Labute approximate surface area is 195 Å². The van der Waals surface area contributed by atoms with Crippen molar-refractivity contribution in [3.63, 3.8) is 0 Å². The summed E-state index contributed by atoms with van der Waals surface area (Å²) >= 11 is 0. The number of fused-ring (bicyclic) bond motifs is 4. The van der Waals surface area contributed by atoms with Crippen molar-refractivity contribution in [1.29, 1.82) is 0 Å². The lowest BCUT2D eigenvalue weighted by atomic mass is 9.63. The SMILES string of the molecule is C.C/C=C1\C2C=C(C)CC1(N=C/C=C/c1cccc(C(=O)OCC)c1)c1ccc(=O)[nH]c1C2. The predicted molar refractivity (Wildman–Crippen MR) is 135 cm³/mol. The predicted octanol–water partition coefficient (Wildman–Crippen LogP) is 5.64. The van der Waals surface area contributed by atoms with Gasteiger partial charge in [-0.3, -0.25) is 9.79 Å². The summed E-state index contributed by atoms with van der Waals surface area (Å²) in [5, 5.41) is 0. The van der Waals surface area contributed by atoms with Crippen molar-refractivity contribution in [2.24, 2.45) is 10.9 Å². The highest BCUT2D eigenvalue weighted by Crippen LogP contribution is 2.51. The molecule has 1 aromatic heterocycles. The molecule has 2 bridgehead atoms. The molecule has 0 fully saturated rings. The number of H-pyrrole nitrogens is 1. The summed E-state index contributed by atoms with van der Waals surface area (Å²) in [6.45, 7) is 6.36. The Hall–Kier alpha value is -3.47. The Balaban J connectivity index is 0.00000306. The van der Waals surface area contributed by atoms with E-state index in [4.69, 9.17) is 9.73 Å². The van der Waals surface area contributed by atoms with Gasteiger partial charge in [0.25, 0.3) is 0 Å². The molecule has 1 N–H and O–H groups in total. The standard InChI is InChI=1S/C27H28N2O3.CH4/c1-4-22-21-14-18(3)17-27(22,23-11-12-25(30)29-24(23)16-21)28-13-7-9-19-8-6-10-20(15-19)26(31)32-5-2;/h4,6-15,21H,5,16-17H2,1-3H3,(H,29,30);1H4/b9-7+,22-4+,28-13?;. The van der Waals surface area contributed by atoms with E-state index in [0.29, 0.717) is 12.2 Å². The van der Waals surface area contributed by atoms with Gasteiger partial charge in [0.1, 0.15) is 5.54 Å². The maximum Gasteiger partial charge on any atom is 0.338 e. The first-order valence-electron chi connectivity index (χ1n) is 11.0. The molecule has 172 valence electrons. The van der Waals surface area contributed by atoms with E-state index in [1.165, 1.54) is 11.1 Å². The molecule has 5 nitrogen and oxygen atoms in total. The number of carbonyl (C=O) groups is 1. The first-order valence-corrected chi connectivity index (χ1v) is 11.0. The molecule has 1 heterocycles. The second kappa shape index (κ2) is 9.99. The average Bonchev–Trinajstić information content (AvgIpc) is 2.76. The molecule has 1 aromatic carbocycles. The topological polar surface area (TPSA) is 71.5 Å². The molecule has 5 heteroatoms. The van der Waals surface area contributed by atoms with E-state index >= 15 is 0 Å². The van der Waals surface area contributed by atoms with Crippen molar-refractivity contribution in [2.45, 2.75) is 46.6 Å². The number of aromatic amines is 1. The summed E-state index contributed by atoms with van der Waals surface area (Å²) in [7, 11) is 0. The van der Waals surface area contributed by atoms with Gasteiger partial charge in [-0.25, -0.2) is 4.79 Å². The van der Waals surface area contributed by atoms with Crippen LogP contribution in [0.15, 0.2) is 75.6 Å². The largest absolute Gasteiger partial charge is 0.462 e. The number of benzene rings is 1. The molecule has 2 unspecified atom stereocenters. The fourth-order valence-corrected chi connectivity index (χ4v) is 4.96. The van der Waals surface area contributed by atoms with Crippen LogP contribution in [0.1, 0.15) is 61.8 Å². The molecule has 0 spiro atoms. The molecular weight excluding hydrogens is 412 g/mol. The second-order valence-corrected chi connectivity index (χ2v) is 8.30. The van der Waals surface area contributed by atoms with Crippen molar-refractivity contribution >= 4 is 18.3 Å². The van der Waals surface area contributed by atoms with Crippen molar-refractivity contribution in [3.8, 4) is 0 Å². The van der Waals surface area contributed by atoms with Gasteiger partial charge in [-0.05, 0) is 62.6 Å². The van der Waals surface area contributed by atoms with Crippen LogP contribution in [0.5, 0.6) is 0 Å². The minimum Gasteiger partial charge on any atom is -0.462 e. The highest BCUT2D eigenvalue weighted by Gasteiger charge is 2.46. The number of nitrogens with one attached hydrogen (secondary N) is 1. The number of aromatic nitrogens is 1. The Morgan fingerprint density at radius 3 is 2.88 bits per heavy atom. The van der Waals surface area contributed by atoms with Gasteiger partial charge >= 0.3 is 5.97 Å². The third kappa shape index (κ3) is 4.68. The average molecular weight is 445 g/mol. The van der Waals surface area contributed by atoms with Crippen molar-refractivity contribution in [2.75, 3.05) is 6.61 Å². The summed E-state index contributed by atoms with van der Waals surface area (Å²) in [6.07, 6.45) is 11.7. The van der Waals surface area contributed by atoms with Gasteiger partial charge in [0.2, 0.25) is 5.56 Å². The first-order chi connectivity index (χ1) is 15.5. The Kier molecular flexibility index (Phi) is 7.32. The molecule has 2 aliphatic rings. The molecule has 2 aliphatic carbocycles. The molecule has 4 rings (SSSR count). The highest BCUT2D eigenvalue weighted by atomic mass is 16.5. The van der Waals surface area contributed by atoms with Crippen LogP contribution in [0, 0.1) is 5.92 Å². The normalized spacial score (nSPS) is 22.7. The Morgan fingerprint density at radius 2 is 2.12 bits per heavy atom. The minimum atomic E-state index is -0.507. The molecule has 0 aliphatic heterocycles. The van der Waals surface area contributed by atoms with Gasteiger partial charge < -0.3 is 9.72 Å². The Bertz CT molecular complexity index is 1220. The molecule has 0 saturated heterocycles. The molecule has 0 radical (unpaired) electrons. The molecule has 2 atom stereocenters. The van der Waals surface area contributed by atoms with Gasteiger partial charge in [0, 0.05) is 35.9 Å². The number of pyridine rings is 1. The smallest absolute Gasteiger partial charge is 0.338 e. The number of rotatable bonds is 5. The van der Waals surface area contributed by atoms with E-state index in [1.807, 2.05) is 42.6 Å². The lowest BCUT2D eigenvalue weighted by molar-refractivity contribution is 0.0526. The van der Waals surface area contributed by atoms with Gasteiger partial charge in [0.05, 0.1) is 12.2 Å². The maximum absolute atomic E-state index is 12.0. The van der Waals surface area contributed by atoms with Crippen LogP contribution < -0.4 is 5.56 Å². The van der Waals surface area contributed by atoms with Gasteiger partial charge in [-0.15, -0.1) is 0 Å². The van der Waals surface area contributed by atoms with Crippen LogP contribution in [-0.2, 0) is 16.7 Å². The summed E-state index contributed by atoms with van der Waals surface area (Å²) in [5.74, 6) is -0.0852. The monoisotopic (exact) mass is 444 g/mol. The highest BCUT2D eigenvalue weighted by molar-refractivity contribution is 5.90. The van der Waals surface area contributed by atoms with Crippen molar-refractivity contribution in [1.82, 2.24) is 4.98 Å². The van der Waals surface area contributed by atoms with Crippen LogP contribution in [0.25, 0.3) is 6.08 Å². The lowest BCUT2D eigenvalue weighted by Gasteiger charge is -2.45. The summed E-state index contributed by atoms with van der Waals surface area (Å²) in [6, 6.07) is 10.9. The van der Waals surface area contributed by atoms with E-state index < -0.39 is 5.54 Å². The van der Waals surface area contributed by atoms with Crippen LogP contribution in [0.4, 0.5) is 0 Å². The quantitative estimate of drug-likeness (QED) is 0.369. The fraction of sp³-hybridized carbons (Fsp3) is 0.321. The van der Waals surface area contributed by atoms with Crippen LogP contribution in [0.3, 0.4) is 0 Å². The number of carbonyl (C=O) groups excluding carboxylic acids is 1. The summed E-state index contributed by atoms with van der Waals surface area (Å²) in [4.78, 5) is 32.0. The first kappa shape index (κ1) is 24.2. The molecular formula is C28H32N2O3. The third-order valence-corrected chi connectivity index (χ3v) is 6.15.